The van der Waals surface area contributed by atoms with Gasteiger partial charge in [0.05, 0.1) is 28.9 Å². The maximum atomic E-state index is 11.7. The Hall–Kier alpha value is -3.37. The number of rotatable bonds is 6. The molecule has 1 amide bonds. The van der Waals surface area contributed by atoms with Gasteiger partial charge in [-0.1, -0.05) is 11.3 Å². The second-order valence-electron chi connectivity index (χ2n) is 7.63. The van der Waals surface area contributed by atoms with E-state index in [-0.39, 0.29) is 6.61 Å². The molecule has 1 aliphatic heterocycles. The number of nitrogens with zero attached hydrogens (tertiary/aromatic N) is 3. The third kappa shape index (κ3) is 3.71. The number of carbonyl (C=O) groups is 1. The monoisotopic (exact) mass is 453 g/mol. The summed E-state index contributed by atoms with van der Waals surface area (Å²) in [7, 11) is 1.49. The number of methoxy groups -OCH3 is 1. The van der Waals surface area contributed by atoms with Crippen molar-refractivity contribution in [2.24, 2.45) is 5.73 Å². The van der Waals surface area contributed by atoms with Gasteiger partial charge < -0.3 is 30.2 Å². The van der Waals surface area contributed by atoms with E-state index in [2.05, 4.69) is 15.6 Å². The molecule has 10 heteroatoms. The Balaban J connectivity index is 1.64. The zero-order valence-electron chi connectivity index (χ0n) is 17.5. The van der Waals surface area contributed by atoms with Gasteiger partial charge in [0.2, 0.25) is 0 Å². The van der Waals surface area contributed by atoms with E-state index in [1.54, 1.807) is 12.1 Å². The number of anilines is 1. The summed E-state index contributed by atoms with van der Waals surface area (Å²) in [5, 5.41) is 0.539. The summed E-state index contributed by atoms with van der Waals surface area (Å²) in [6.07, 6.45) is 0.990. The highest BCUT2D eigenvalue weighted by Crippen LogP contribution is 2.37. The number of aryl methyl sites for hydroxylation is 1. The Morgan fingerprint density at radius 3 is 2.94 bits per heavy atom. The fourth-order valence-electron chi connectivity index (χ4n) is 3.95. The summed E-state index contributed by atoms with van der Waals surface area (Å²) < 4.78 is 20.1. The Bertz CT molecular complexity index is 1310. The molecular weight excluding hydrogens is 430 g/mol. The molecule has 0 radical (unpaired) electrons. The molecule has 1 aliphatic rings. The molecule has 9 nitrogen and oxygen atoms in total. The van der Waals surface area contributed by atoms with Crippen LogP contribution in [0.1, 0.15) is 12.8 Å². The molecule has 0 saturated carbocycles. The van der Waals surface area contributed by atoms with E-state index in [4.69, 9.17) is 30.7 Å². The number of hydrogen-bond acceptors (Lipinski definition) is 8. The van der Waals surface area contributed by atoms with E-state index in [0.29, 0.717) is 23.2 Å². The lowest BCUT2D eigenvalue weighted by atomic mass is 10.2. The molecule has 0 bridgehead atoms. The minimum atomic E-state index is -0.904. The summed E-state index contributed by atoms with van der Waals surface area (Å²) in [6.45, 7) is 1.47. The minimum Gasteiger partial charge on any atom is -0.491 e. The van der Waals surface area contributed by atoms with E-state index < -0.39 is 12.0 Å². The molecule has 32 heavy (non-hydrogen) atoms. The van der Waals surface area contributed by atoms with E-state index in [1.807, 2.05) is 12.1 Å². The third-order valence-electron chi connectivity index (χ3n) is 5.39. The van der Waals surface area contributed by atoms with Crippen LogP contribution in [0.4, 0.5) is 5.13 Å². The second-order valence-corrected chi connectivity index (χ2v) is 8.69. The van der Waals surface area contributed by atoms with Crippen LogP contribution >= 0.6 is 11.3 Å². The van der Waals surface area contributed by atoms with Crippen molar-refractivity contribution in [3.8, 4) is 22.9 Å². The van der Waals surface area contributed by atoms with Crippen LogP contribution in [0, 0.1) is 0 Å². The van der Waals surface area contributed by atoms with Gasteiger partial charge in [-0.2, -0.15) is 0 Å². The van der Waals surface area contributed by atoms with Crippen LogP contribution in [0.25, 0.3) is 32.6 Å². The van der Waals surface area contributed by atoms with Crippen molar-refractivity contribution in [3.05, 3.63) is 30.3 Å². The summed E-state index contributed by atoms with van der Waals surface area (Å²) in [5.74, 6) is 1.36. The van der Waals surface area contributed by atoms with Crippen LogP contribution in [0.3, 0.4) is 0 Å². The molecule has 1 atom stereocenters. The van der Waals surface area contributed by atoms with Gasteiger partial charge in [0.1, 0.15) is 22.8 Å². The predicted octanol–water partition coefficient (Wildman–Crippen LogP) is 2.95. The first-order valence-corrected chi connectivity index (χ1v) is 11.1. The zero-order chi connectivity index (χ0) is 22.2. The average Bonchev–Trinajstić information content (AvgIpc) is 3.29. The van der Waals surface area contributed by atoms with Crippen molar-refractivity contribution in [1.29, 1.82) is 0 Å². The number of fused-ring (bicyclic) bond motifs is 1. The predicted molar refractivity (Wildman–Crippen MR) is 123 cm³/mol. The van der Waals surface area contributed by atoms with Crippen molar-refractivity contribution in [2.75, 3.05) is 26.1 Å². The number of amides is 1. The first kappa shape index (κ1) is 20.5. The summed E-state index contributed by atoms with van der Waals surface area (Å²) in [6, 6.07) is 9.62. The van der Waals surface area contributed by atoms with Crippen molar-refractivity contribution < 1.29 is 19.0 Å². The van der Waals surface area contributed by atoms with Crippen molar-refractivity contribution >= 4 is 43.6 Å². The summed E-state index contributed by atoms with van der Waals surface area (Å²) >= 11 is 1.45. The third-order valence-corrected chi connectivity index (χ3v) is 6.24. The second kappa shape index (κ2) is 8.29. The van der Waals surface area contributed by atoms with E-state index in [9.17, 15) is 4.79 Å². The lowest BCUT2D eigenvalue weighted by Gasteiger charge is -2.19. The van der Waals surface area contributed by atoms with Crippen LogP contribution in [0.15, 0.2) is 30.3 Å². The van der Waals surface area contributed by atoms with Gasteiger partial charge in [-0.25, -0.2) is 9.97 Å². The van der Waals surface area contributed by atoms with Crippen LogP contribution in [0.2, 0.25) is 0 Å². The van der Waals surface area contributed by atoms with Crippen molar-refractivity contribution in [1.82, 2.24) is 14.5 Å². The molecule has 0 aliphatic carbocycles. The van der Waals surface area contributed by atoms with Gasteiger partial charge >= 0.3 is 0 Å². The first-order chi connectivity index (χ1) is 15.5. The Morgan fingerprint density at radius 1 is 1.25 bits per heavy atom. The summed E-state index contributed by atoms with van der Waals surface area (Å²) in [5.41, 5.74) is 14.8. The number of aromatic nitrogens is 3. The van der Waals surface area contributed by atoms with Crippen LogP contribution in [-0.4, -0.2) is 46.9 Å². The Labute approximate surface area is 187 Å². The quantitative estimate of drug-likeness (QED) is 0.459. The zero-order valence-corrected chi connectivity index (χ0v) is 18.4. The molecule has 0 fully saturated rings. The molecule has 4 N–H and O–H groups in total. The highest BCUT2D eigenvalue weighted by Gasteiger charge is 2.23. The molecule has 2 aromatic carbocycles. The van der Waals surface area contributed by atoms with Gasteiger partial charge in [-0.15, -0.1) is 0 Å². The molecule has 0 unspecified atom stereocenters. The van der Waals surface area contributed by atoms with E-state index in [0.717, 1.165) is 52.0 Å². The number of benzene rings is 2. The van der Waals surface area contributed by atoms with Crippen molar-refractivity contribution in [2.45, 2.75) is 25.5 Å². The number of carbonyl (C=O) groups excluding carboxylic acids is 1. The number of nitrogen functional groups attached to an aromatic ring is 1. The standard InChI is InChI=1S/C22H23N5O4S/c1-29-11-17(20(23)28)31-13-9-15-19-16(10-13)30-7-3-2-6-27(19)21(25-15)12-4-5-14-18(8-12)32-22(24)26-14/h4-5,8-10,17H,2-3,6-7,11H2,1H3,(H2,23,28)(H2,24,26)/t17-/m0/s1. The number of ether oxygens (including phenoxy) is 3. The molecule has 4 aromatic rings. The molecular formula is C22H23N5O4S. The highest BCUT2D eigenvalue weighted by molar-refractivity contribution is 7.22. The topological polar surface area (TPSA) is 128 Å². The molecule has 0 saturated heterocycles. The number of nitrogens with two attached hydrogens (primary N) is 2. The van der Waals surface area contributed by atoms with E-state index in [1.165, 1.54) is 18.4 Å². The number of hydrogen-bond donors (Lipinski definition) is 2. The minimum absolute atomic E-state index is 0.0568. The normalized spacial score (nSPS) is 14.7. The van der Waals surface area contributed by atoms with Gasteiger partial charge in [0, 0.05) is 31.4 Å². The number of thiazole rings is 1. The van der Waals surface area contributed by atoms with Crippen molar-refractivity contribution in [3.63, 3.8) is 0 Å². The average molecular weight is 454 g/mol. The lowest BCUT2D eigenvalue weighted by molar-refractivity contribution is -0.126. The first-order valence-electron chi connectivity index (χ1n) is 10.3. The molecule has 3 heterocycles. The summed E-state index contributed by atoms with van der Waals surface area (Å²) in [4.78, 5) is 21.0. The van der Waals surface area contributed by atoms with Crippen LogP contribution in [0.5, 0.6) is 11.5 Å². The van der Waals surface area contributed by atoms with Gasteiger partial charge in [0.15, 0.2) is 11.2 Å². The Morgan fingerprint density at radius 2 is 2.12 bits per heavy atom. The van der Waals surface area contributed by atoms with Crippen LogP contribution in [-0.2, 0) is 16.1 Å². The van der Waals surface area contributed by atoms with Gasteiger partial charge in [0.25, 0.3) is 5.91 Å². The fourth-order valence-corrected chi connectivity index (χ4v) is 4.72. The molecule has 0 spiro atoms. The SMILES string of the molecule is COC[C@H](Oc1cc2c3c(c1)nc(-c1ccc4nc(N)sc4c1)n3CCCCO2)C(N)=O. The van der Waals surface area contributed by atoms with E-state index >= 15 is 0 Å². The molecule has 5 rings (SSSR count). The smallest absolute Gasteiger partial charge is 0.260 e. The van der Waals surface area contributed by atoms with Gasteiger partial charge in [-0.3, -0.25) is 4.79 Å². The number of imidazole rings is 1. The highest BCUT2D eigenvalue weighted by atomic mass is 32.1. The van der Waals surface area contributed by atoms with Crippen LogP contribution < -0.4 is 20.9 Å². The fraction of sp³-hybridized carbons (Fsp3) is 0.318. The maximum Gasteiger partial charge on any atom is 0.260 e. The largest absolute Gasteiger partial charge is 0.491 e. The number of primary amides is 1. The molecule has 2 aromatic heterocycles. The maximum absolute atomic E-state index is 11.7. The Kier molecular flexibility index (Phi) is 5.32. The lowest BCUT2D eigenvalue weighted by Crippen LogP contribution is -2.37. The molecule has 166 valence electrons. The van der Waals surface area contributed by atoms with Gasteiger partial charge in [-0.05, 0) is 31.0 Å².